The second kappa shape index (κ2) is 5.69. The van der Waals surface area contributed by atoms with E-state index in [4.69, 9.17) is 11.6 Å². The molecular weight excluding hydrogens is 342 g/mol. The Morgan fingerprint density at radius 3 is 2.72 bits per heavy atom. The minimum Gasteiger partial charge on any atom is -0.386 e. The standard InChI is InChI=1S/C18H22ClN3O3/c1-10(23)17(25)21-5-3-12(4-6-21)18(2)16(24)14-8-13(19)7-11-9-20-22(18)15(11)14/h7-10,12,16,23-24H,3-6H2,1-2H3/t10-,16-,18?/m1/s1. The van der Waals surface area contributed by atoms with Crippen LogP contribution in [0, 0.1) is 5.92 Å². The van der Waals surface area contributed by atoms with E-state index in [2.05, 4.69) is 5.10 Å². The molecule has 3 atom stereocenters. The van der Waals surface area contributed by atoms with Gasteiger partial charge in [-0.15, -0.1) is 0 Å². The second-order valence-corrected chi connectivity index (χ2v) is 7.83. The van der Waals surface area contributed by atoms with Gasteiger partial charge in [0.15, 0.2) is 0 Å². The monoisotopic (exact) mass is 363 g/mol. The number of aliphatic hydroxyl groups is 2. The van der Waals surface area contributed by atoms with Crippen LogP contribution >= 0.6 is 11.6 Å². The summed E-state index contributed by atoms with van der Waals surface area (Å²) in [6.07, 6.45) is 1.66. The van der Waals surface area contributed by atoms with Crippen molar-refractivity contribution >= 4 is 28.4 Å². The van der Waals surface area contributed by atoms with Crippen LogP contribution < -0.4 is 0 Å². The summed E-state index contributed by atoms with van der Waals surface area (Å²) in [6, 6.07) is 3.69. The van der Waals surface area contributed by atoms with Crippen molar-refractivity contribution in [3.63, 3.8) is 0 Å². The third kappa shape index (κ3) is 2.31. The number of nitrogens with zero attached hydrogens (tertiary/aromatic N) is 3. The lowest BCUT2D eigenvalue weighted by atomic mass is 9.75. The van der Waals surface area contributed by atoms with E-state index >= 15 is 0 Å². The summed E-state index contributed by atoms with van der Waals surface area (Å²) < 4.78 is 1.94. The van der Waals surface area contributed by atoms with E-state index in [0.717, 1.165) is 29.3 Å². The molecule has 134 valence electrons. The number of likely N-dealkylation sites (tertiary alicyclic amines) is 1. The first kappa shape index (κ1) is 16.8. The first-order valence-electron chi connectivity index (χ1n) is 8.66. The molecule has 7 heteroatoms. The highest BCUT2D eigenvalue weighted by molar-refractivity contribution is 6.31. The number of halogens is 1. The molecule has 4 rings (SSSR count). The fourth-order valence-corrected chi connectivity index (χ4v) is 4.75. The van der Waals surface area contributed by atoms with Crippen LogP contribution in [0.2, 0.25) is 5.02 Å². The van der Waals surface area contributed by atoms with Crippen LogP contribution in [0.25, 0.3) is 10.9 Å². The van der Waals surface area contributed by atoms with Gasteiger partial charge in [-0.1, -0.05) is 11.6 Å². The number of hydrogen-bond acceptors (Lipinski definition) is 4. The van der Waals surface area contributed by atoms with E-state index in [9.17, 15) is 15.0 Å². The Labute approximate surface area is 151 Å². The van der Waals surface area contributed by atoms with E-state index in [-0.39, 0.29) is 11.8 Å². The number of hydrogen-bond donors (Lipinski definition) is 2. The number of piperidine rings is 1. The summed E-state index contributed by atoms with van der Waals surface area (Å²) in [4.78, 5) is 13.7. The summed E-state index contributed by atoms with van der Waals surface area (Å²) in [5, 5.41) is 26.7. The highest BCUT2D eigenvalue weighted by atomic mass is 35.5. The predicted octanol–water partition coefficient (Wildman–Crippen LogP) is 2.07. The van der Waals surface area contributed by atoms with Crippen LogP contribution in [0.15, 0.2) is 18.3 Å². The fourth-order valence-electron chi connectivity index (χ4n) is 4.51. The lowest BCUT2D eigenvalue weighted by Gasteiger charge is -2.43. The Morgan fingerprint density at radius 1 is 1.40 bits per heavy atom. The fraction of sp³-hybridized carbons (Fsp3) is 0.556. The van der Waals surface area contributed by atoms with Gasteiger partial charge in [0.05, 0.1) is 17.3 Å². The van der Waals surface area contributed by atoms with Gasteiger partial charge in [-0.25, -0.2) is 0 Å². The van der Waals surface area contributed by atoms with Gasteiger partial charge < -0.3 is 15.1 Å². The molecule has 2 aromatic rings. The Balaban J connectivity index is 1.64. The van der Waals surface area contributed by atoms with Crippen molar-refractivity contribution < 1.29 is 15.0 Å². The molecule has 1 aromatic heterocycles. The molecule has 25 heavy (non-hydrogen) atoms. The van der Waals surface area contributed by atoms with E-state index in [1.54, 1.807) is 11.1 Å². The zero-order valence-electron chi connectivity index (χ0n) is 14.3. The minimum atomic E-state index is -0.971. The highest BCUT2D eigenvalue weighted by Crippen LogP contribution is 2.51. The van der Waals surface area contributed by atoms with Gasteiger partial charge in [0.1, 0.15) is 12.2 Å². The Bertz CT molecular complexity index is 841. The van der Waals surface area contributed by atoms with Crippen molar-refractivity contribution in [1.29, 1.82) is 0 Å². The van der Waals surface area contributed by atoms with Crippen molar-refractivity contribution in [2.75, 3.05) is 13.1 Å². The summed E-state index contributed by atoms with van der Waals surface area (Å²) in [7, 11) is 0. The Kier molecular flexibility index (Phi) is 3.83. The van der Waals surface area contributed by atoms with E-state index in [1.807, 2.05) is 23.7 Å². The van der Waals surface area contributed by atoms with Crippen LogP contribution in [-0.2, 0) is 10.3 Å². The van der Waals surface area contributed by atoms with Gasteiger partial charge in [-0.05, 0) is 44.7 Å². The molecular formula is C18H22ClN3O3. The smallest absolute Gasteiger partial charge is 0.251 e. The normalized spacial score (nSPS) is 27.9. The van der Waals surface area contributed by atoms with Crippen LogP contribution in [0.3, 0.4) is 0 Å². The first-order chi connectivity index (χ1) is 11.8. The molecule has 0 radical (unpaired) electrons. The number of aromatic nitrogens is 2. The molecule has 0 bridgehead atoms. The van der Waals surface area contributed by atoms with Crippen LogP contribution in [0.1, 0.15) is 38.4 Å². The predicted molar refractivity (Wildman–Crippen MR) is 94.3 cm³/mol. The van der Waals surface area contributed by atoms with Gasteiger partial charge in [-0.2, -0.15) is 5.10 Å². The molecule has 1 amide bonds. The number of carbonyl (C=O) groups is 1. The summed E-state index contributed by atoms with van der Waals surface area (Å²) >= 11 is 6.19. The number of amides is 1. The van der Waals surface area contributed by atoms with Gasteiger partial charge in [0.25, 0.3) is 5.91 Å². The summed E-state index contributed by atoms with van der Waals surface area (Å²) in [5.74, 6) is -0.0538. The molecule has 0 aliphatic carbocycles. The lowest BCUT2D eigenvalue weighted by molar-refractivity contribution is -0.141. The third-order valence-electron chi connectivity index (χ3n) is 5.95. The largest absolute Gasteiger partial charge is 0.386 e. The zero-order valence-corrected chi connectivity index (χ0v) is 15.1. The second-order valence-electron chi connectivity index (χ2n) is 7.39. The molecule has 0 saturated carbocycles. The Morgan fingerprint density at radius 2 is 2.08 bits per heavy atom. The van der Waals surface area contributed by atoms with Gasteiger partial charge in [0.2, 0.25) is 0 Å². The zero-order chi connectivity index (χ0) is 17.9. The molecule has 1 saturated heterocycles. The molecule has 1 aromatic carbocycles. The van der Waals surface area contributed by atoms with E-state index < -0.39 is 17.7 Å². The summed E-state index contributed by atoms with van der Waals surface area (Å²) in [5.41, 5.74) is 1.21. The maximum absolute atomic E-state index is 12.0. The third-order valence-corrected chi connectivity index (χ3v) is 6.17. The quantitative estimate of drug-likeness (QED) is 0.856. The molecule has 6 nitrogen and oxygen atoms in total. The molecule has 1 unspecified atom stereocenters. The van der Waals surface area contributed by atoms with Crippen molar-refractivity contribution in [2.45, 2.75) is 44.4 Å². The van der Waals surface area contributed by atoms with Crippen LogP contribution in [0.5, 0.6) is 0 Å². The van der Waals surface area contributed by atoms with E-state index in [1.165, 1.54) is 6.92 Å². The lowest BCUT2D eigenvalue weighted by Crippen LogP contribution is -2.49. The molecule has 0 spiro atoms. The van der Waals surface area contributed by atoms with Crippen LogP contribution in [0.4, 0.5) is 0 Å². The van der Waals surface area contributed by atoms with Crippen molar-refractivity contribution in [3.05, 3.63) is 28.9 Å². The topological polar surface area (TPSA) is 78.6 Å². The number of aliphatic hydroxyl groups excluding tert-OH is 2. The van der Waals surface area contributed by atoms with Crippen molar-refractivity contribution in [2.24, 2.45) is 5.92 Å². The number of rotatable bonds is 2. The van der Waals surface area contributed by atoms with Gasteiger partial charge >= 0.3 is 0 Å². The van der Waals surface area contributed by atoms with Gasteiger partial charge in [-0.3, -0.25) is 9.48 Å². The molecule has 1 fully saturated rings. The first-order valence-corrected chi connectivity index (χ1v) is 9.04. The molecule has 3 heterocycles. The Hall–Kier alpha value is -1.63. The molecule has 2 aliphatic heterocycles. The molecule has 2 N–H and O–H groups in total. The summed E-state index contributed by atoms with van der Waals surface area (Å²) in [6.45, 7) is 4.70. The van der Waals surface area contributed by atoms with E-state index in [0.29, 0.717) is 18.1 Å². The minimum absolute atomic E-state index is 0.176. The highest BCUT2D eigenvalue weighted by Gasteiger charge is 2.50. The number of benzene rings is 1. The maximum Gasteiger partial charge on any atom is 0.251 e. The SMILES string of the molecule is C[C@@H](O)C(=O)N1CCC(C2(C)[C@H](O)c3cc(Cl)cc4cnn2c34)CC1. The maximum atomic E-state index is 12.0. The van der Waals surface area contributed by atoms with Crippen molar-refractivity contribution in [3.8, 4) is 0 Å². The van der Waals surface area contributed by atoms with Crippen molar-refractivity contribution in [1.82, 2.24) is 14.7 Å². The molecule has 2 aliphatic rings. The van der Waals surface area contributed by atoms with Gasteiger partial charge in [0, 0.05) is 29.1 Å². The average molecular weight is 364 g/mol. The number of carbonyl (C=O) groups excluding carboxylic acids is 1. The van der Waals surface area contributed by atoms with Crippen LogP contribution in [-0.4, -0.2) is 50.0 Å². The average Bonchev–Trinajstić information content (AvgIpc) is 3.11.